The Hall–Kier alpha value is -2.43. The van der Waals surface area contributed by atoms with E-state index in [2.05, 4.69) is 12.2 Å². The molecule has 4 atom stereocenters. The highest BCUT2D eigenvalue weighted by Gasteiger charge is 2.56. The number of nitrogens with zero attached hydrogens (tertiary/aromatic N) is 1. The molecular formula is C18H17NO4. The molecule has 2 bridgehead atoms. The van der Waals surface area contributed by atoms with E-state index < -0.39 is 5.97 Å². The van der Waals surface area contributed by atoms with E-state index in [0.717, 1.165) is 12.8 Å². The summed E-state index contributed by atoms with van der Waals surface area (Å²) in [4.78, 5) is 38.6. The molecule has 1 aromatic carbocycles. The van der Waals surface area contributed by atoms with E-state index in [1.54, 1.807) is 24.3 Å². The van der Waals surface area contributed by atoms with Crippen LogP contribution in [0.25, 0.3) is 0 Å². The van der Waals surface area contributed by atoms with Crippen molar-refractivity contribution >= 4 is 23.5 Å². The van der Waals surface area contributed by atoms with Crippen LogP contribution in [0.15, 0.2) is 36.4 Å². The average molecular weight is 311 g/mol. The summed E-state index contributed by atoms with van der Waals surface area (Å²) in [5.74, 6) is -0.918. The third-order valence-electron chi connectivity index (χ3n) is 5.28. The monoisotopic (exact) mass is 311 g/mol. The number of hydrogen-bond acceptors (Lipinski definition) is 4. The molecule has 0 N–H and O–H groups in total. The lowest BCUT2D eigenvalue weighted by atomic mass is 9.63. The Morgan fingerprint density at radius 1 is 1.09 bits per heavy atom. The van der Waals surface area contributed by atoms with Crippen LogP contribution < -0.4 is 4.90 Å². The molecule has 0 unspecified atom stereocenters. The zero-order valence-electron chi connectivity index (χ0n) is 12.8. The van der Waals surface area contributed by atoms with Crippen molar-refractivity contribution in [3.63, 3.8) is 0 Å². The first-order valence-electron chi connectivity index (χ1n) is 7.86. The first kappa shape index (κ1) is 14.2. The smallest absolute Gasteiger partial charge is 0.337 e. The third kappa shape index (κ3) is 1.96. The average Bonchev–Trinajstić information content (AvgIpc) is 2.88. The summed E-state index contributed by atoms with van der Waals surface area (Å²) in [5.41, 5.74) is 0.790. The van der Waals surface area contributed by atoms with Gasteiger partial charge >= 0.3 is 5.97 Å². The molecule has 1 heterocycles. The fraction of sp³-hybridized carbons (Fsp3) is 0.389. The molecule has 118 valence electrons. The SMILES string of the molecule is COC(=O)c1cccc(N2C(=O)[C@@H]3[C@H](C2=O)[C@H]2C=C[C@H]3CC2)c1. The second-order valence-electron chi connectivity index (χ2n) is 6.40. The second kappa shape index (κ2) is 5.05. The molecule has 2 amide bonds. The molecule has 1 aromatic rings. The number of benzene rings is 1. The van der Waals surface area contributed by atoms with Gasteiger partial charge in [0.25, 0.3) is 0 Å². The van der Waals surface area contributed by atoms with Crippen LogP contribution in [0.5, 0.6) is 0 Å². The number of rotatable bonds is 2. The second-order valence-corrected chi connectivity index (χ2v) is 6.40. The molecule has 0 radical (unpaired) electrons. The van der Waals surface area contributed by atoms with Crippen LogP contribution in [0, 0.1) is 23.7 Å². The van der Waals surface area contributed by atoms with E-state index in [1.807, 2.05) is 0 Å². The number of fused-ring (bicyclic) bond motifs is 1. The van der Waals surface area contributed by atoms with Crippen LogP contribution in [0.1, 0.15) is 23.2 Å². The third-order valence-corrected chi connectivity index (χ3v) is 5.28. The summed E-state index contributed by atoms with van der Waals surface area (Å²) in [5, 5.41) is 0. The molecule has 5 rings (SSSR count). The zero-order chi connectivity index (χ0) is 16.1. The van der Waals surface area contributed by atoms with Crippen molar-refractivity contribution < 1.29 is 19.1 Å². The standard InChI is InChI=1S/C18H17NO4/c1-23-18(22)12-3-2-4-13(9-12)19-16(20)14-10-5-6-11(8-7-10)15(14)17(19)21/h2-6,9-11,14-15H,7-8H2,1H3/t10-,11-,14-,15+/m0/s1. The summed E-state index contributed by atoms with van der Waals surface area (Å²) >= 11 is 0. The summed E-state index contributed by atoms with van der Waals surface area (Å²) in [6, 6.07) is 6.51. The van der Waals surface area contributed by atoms with Crippen molar-refractivity contribution in [2.75, 3.05) is 12.0 Å². The number of hydrogen-bond donors (Lipinski definition) is 0. The van der Waals surface area contributed by atoms with Gasteiger partial charge in [0.1, 0.15) is 0 Å². The maximum atomic E-state index is 12.8. The van der Waals surface area contributed by atoms with Gasteiger partial charge in [-0.05, 0) is 42.9 Å². The Morgan fingerprint density at radius 2 is 1.70 bits per heavy atom. The normalized spacial score (nSPS) is 31.4. The lowest BCUT2D eigenvalue weighted by molar-refractivity contribution is -0.124. The highest BCUT2D eigenvalue weighted by molar-refractivity contribution is 6.22. The topological polar surface area (TPSA) is 63.7 Å². The van der Waals surface area contributed by atoms with Gasteiger partial charge in [-0.3, -0.25) is 9.59 Å². The highest BCUT2D eigenvalue weighted by Crippen LogP contribution is 2.50. The largest absolute Gasteiger partial charge is 0.465 e. The van der Waals surface area contributed by atoms with E-state index in [1.165, 1.54) is 12.0 Å². The fourth-order valence-corrected chi connectivity index (χ4v) is 4.22. The van der Waals surface area contributed by atoms with Crippen LogP contribution in [0.2, 0.25) is 0 Å². The number of esters is 1. The Balaban J connectivity index is 1.72. The minimum atomic E-state index is -0.481. The lowest BCUT2D eigenvalue weighted by Gasteiger charge is -2.38. The van der Waals surface area contributed by atoms with Gasteiger partial charge in [-0.1, -0.05) is 18.2 Å². The molecule has 5 heteroatoms. The summed E-state index contributed by atoms with van der Waals surface area (Å²) in [6.07, 6.45) is 6.12. The molecule has 4 aliphatic rings. The van der Waals surface area contributed by atoms with Crippen molar-refractivity contribution in [1.29, 1.82) is 0 Å². The number of imide groups is 1. The summed E-state index contributed by atoms with van der Waals surface area (Å²) < 4.78 is 4.71. The molecular weight excluding hydrogens is 294 g/mol. The van der Waals surface area contributed by atoms with E-state index >= 15 is 0 Å². The van der Waals surface area contributed by atoms with Crippen molar-refractivity contribution in [1.82, 2.24) is 0 Å². The Labute approximate surface area is 133 Å². The molecule has 0 aromatic heterocycles. The molecule has 5 nitrogen and oxygen atoms in total. The molecule has 1 saturated carbocycles. The highest BCUT2D eigenvalue weighted by atomic mass is 16.5. The van der Waals surface area contributed by atoms with Gasteiger partial charge in [0.15, 0.2) is 0 Å². The first-order chi connectivity index (χ1) is 11.1. The number of amides is 2. The maximum Gasteiger partial charge on any atom is 0.337 e. The van der Waals surface area contributed by atoms with Crippen LogP contribution >= 0.6 is 0 Å². The number of ether oxygens (including phenoxy) is 1. The number of allylic oxidation sites excluding steroid dienone is 2. The van der Waals surface area contributed by atoms with Crippen molar-refractivity contribution in [3.05, 3.63) is 42.0 Å². The van der Waals surface area contributed by atoms with Gasteiger partial charge < -0.3 is 4.74 Å². The minimum absolute atomic E-state index is 0.138. The van der Waals surface area contributed by atoms with E-state index in [4.69, 9.17) is 4.74 Å². The lowest BCUT2D eigenvalue weighted by Crippen LogP contribution is -2.38. The predicted molar refractivity (Wildman–Crippen MR) is 82.6 cm³/mol. The van der Waals surface area contributed by atoms with Crippen LogP contribution in [0.3, 0.4) is 0 Å². The summed E-state index contributed by atoms with van der Waals surface area (Å²) in [7, 11) is 1.30. The van der Waals surface area contributed by atoms with Gasteiger partial charge in [-0.15, -0.1) is 0 Å². The zero-order valence-corrected chi connectivity index (χ0v) is 12.8. The number of methoxy groups -OCH3 is 1. The molecule has 0 spiro atoms. The van der Waals surface area contributed by atoms with Crippen molar-refractivity contribution in [2.24, 2.45) is 23.7 Å². The molecule has 23 heavy (non-hydrogen) atoms. The van der Waals surface area contributed by atoms with Crippen LogP contribution in [-0.4, -0.2) is 24.9 Å². The molecule has 1 aliphatic heterocycles. The van der Waals surface area contributed by atoms with E-state index in [9.17, 15) is 14.4 Å². The first-order valence-corrected chi connectivity index (χ1v) is 7.86. The van der Waals surface area contributed by atoms with Gasteiger partial charge in [-0.25, -0.2) is 9.69 Å². The van der Waals surface area contributed by atoms with Gasteiger partial charge in [0.2, 0.25) is 11.8 Å². The van der Waals surface area contributed by atoms with E-state index in [-0.39, 0.29) is 35.5 Å². The number of anilines is 1. The van der Waals surface area contributed by atoms with Crippen molar-refractivity contribution in [2.45, 2.75) is 12.8 Å². The summed E-state index contributed by atoms with van der Waals surface area (Å²) in [6.45, 7) is 0. The Morgan fingerprint density at radius 3 is 2.22 bits per heavy atom. The molecule has 2 fully saturated rings. The fourth-order valence-electron chi connectivity index (χ4n) is 4.22. The Bertz CT molecular complexity index is 706. The maximum absolute atomic E-state index is 12.8. The molecule has 3 aliphatic carbocycles. The van der Waals surface area contributed by atoms with Crippen LogP contribution in [-0.2, 0) is 14.3 Å². The number of carbonyl (C=O) groups is 3. The van der Waals surface area contributed by atoms with Gasteiger partial charge in [0.05, 0.1) is 30.2 Å². The van der Waals surface area contributed by atoms with Crippen molar-refractivity contribution in [3.8, 4) is 0 Å². The van der Waals surface area contributed by atoms with Gasteiger partial charge in [-0.2, -0.15) is 0 Å². The Kier molecular flexibility index (Phi) is 3.11. The predicted octanol–water partition coefficient (Wildman–Crippen LogP) is 2.17. The quantitative estimate of drug-likeness (QED) is 0.477. The number of carbonyl (C=O) groups excluding carboxylic acids is 3. The minimum Gasteiger partial charge on any atom is -0.465 e. The van der Waals surface area contributed by atoms with Gasteiger partial charge in [0, 0.05) is 0 Å². The molecule has 1 saturated heterocycles. The van der Waals surface area contributed by atoms with Crippen LogP contribution in [0.4, 0.5) is 5.69 Å². The van der Waals surface area contributed by atoms with E-state index in [0.29, 0.717) is 11.3 Å².